The summed E-state index contributed by atoms with van der Waals surface area (Å²) < 4.78 is 2.16. The van der Waals surface area contributed by atoms with Gasteiger partial charge in [0, 0.05) is 45.6 Å². The van der Waals surface area contributed by atoms with Gasteiger partial charge in [-0.15, -0.1) is 0 Å². The Bertz CT molecular complexity index is 1110. The molecule has 160 valence electrons. The molecule has 6 heteroatoms. The van der Waals surface area contributed by atoms with Crippen molar-refractivity contribution in [2.75, 3.05) is 19.6 Å². The number of amides is 2. The predicted octanol–water partition coefficient (Wildman–Crippen LogP) is 3.33. The van der Waals surface area contributed by atoms with Crippen molar-refractivity contribution in [3.8, 4) is 0 Å². The quantitative estimate of drug-likeness (QED) is 0.656. The standard InChI is InChI=1S/C25H28N4O2/c1-27-22-12-6-5-11-21(22)26-24(27)19-10-7-13-28(16-19)25(31)20-14-23(30)29(17-20)15-18-8-3-2-4-9-18/h2-6,8-9,11-12,19-20H,7,10,13-17H2,1H3. The van der Waals surface area contributed by atoms with Gasteiger partial charge >= 0.3 is 0 Å². The van der Waals surface area contributed by atoms with Crippen LogP contribution in [0.5, 0.6) is 0 Å². The lowest BCUT2D eigenvalue weighted by atomic mass is 9.95. The summed E-state index contributed by atoms with van der Waals surface area (Å²) in [6, 6.07) is 18.1. The second-order valence-corrected chi connectivity index (χ2v) is 8.80. The van der Waals surface area contributed by atoms with E-state index in [1.165, 1.54) is 0 Å². The minimum Gasteiger partial charge on any atom is -0.342 e. The molecule has 6 nitrogen and oxygen atoms in total. The van der Waals surface area contributed by atoms with E-state index in [0.717, 1.165) is 41.8 Å². The van der Waals surface area contributed by atoms with Gasteiger partial charge in [0.2, 0.25) is 11.8 Å². The number of imidazole rings is 1. The minimum absolute atomic E-state index is 0.0751. The molecule has 1 aromatic heterocycles. The molecule has 0 aliphatic carbocycles. The zero-order valence-corrected chi connectivity index (χ0v) is 17.9. The third kappa shape index (κ3) is 3.82. The molecular formula is C25H28N4O2. The molecule has 3 heterocycles. The fourth-order valence-electron chi connectivity index (χ4n) is 5.07. The Morgan fingerprint density at radius 2 is 1.84 bits per heavy atom. The number of nitrogens with zero attached hydrogens (tertiary/aromatic N) is 4. The van der Waals surface area contributed by atoms with Gasteiger partial charge in [0.25, 0.3) is 0 Å². The monoisotopic (exact) mass is 416 g/mol. The van der Waals surface area contributed by atoms with E-state index in [1.54, 1.807) is 0 Å². The molecule has 2 unspecified atom stereocenters. The number of hydrogen-bond donors (Lipinski definition) is 0. The minimum atomic E-state index is -0.240. The van der Waals surface area contributed by atoms with Crippen LogP contribution in [0, 0.1) is 5.92 Å². The largest absolute Gasteiger partial charge is 0.342 e. The second-order valence-electron chi connectivity index (χ2n) is 8.80. The van der Waals surface area contributed by atoms with Gasteiger partial charge in [0.05, 0.1) is 17.0 Å². The van der Waals surface area contributed by atoms with Crippen molar-refractivity contribution in [3.05, 3.63) is 66.0 Å². The molecule has 0 bridgehead atoms. The number of carbonyl (C=O) groups is 2. The lowest BCUT2D eigenvalue weighted by molar-refractivity contribution is -0.137. The summed E-state index contributed by atoms with van der Waals surface area (Å²) in [5.41, 5.74) is 3.23. The van der Waals surface area contributed by atoms with Crippen LogP contribution in [-0.4, -0.2) is 50.8 Å². The summed E-state index contributed by atoms with van der Waals surface area (Å²) in [4.78, 5) is 34.5. The van der Waals surface area contributed by atoms with E-state index in [9.17, 15) is 9.59 Å². The Kier molecular flexibility index (Phi) is 5.22. The Hall–Kier alpha value is -3.15. The molecule has 0 saturated carbocycles. The van der Waals surface area contributed by atoms with Gasteiger partial charge in [-0.2, -0.15) is 0 Å². The highest BCUT2D eigenvalue weighted by molar-refractivity contribution is 5.89. The van der Waals surface area contributed by atoms with E-state index in [4.69, 9.17) is 4.98 Å². The molecule has 2 amide bonds. The Morgan fingerprint density at radius 3 is 2.65 bits per heavy atom. The second kappa shape index (κ2) is 8.17. The van der Waals surface area contributed by atoms with E-state index in [0.29, 0.717) is 26.1 Å². The fraction of sp³-hybridized carbons (Fsp3) is 0.400. The van der Waals surface area contributed by atoms with Crippen LogP contribution in [0.25, 0.3) is 11.0 Å². The zero-order chi connectivity index (χ0) is 21.4. The molecule has 0 N–H and O–H groups in total. The molecule has 2 atom stereocenters. The Balaban J connectivity index is 1.27. The molecule has 5 rings (SSSR count). The van der Waals surface area contributed by atoms with Crippen molar-refractivity contribution >= 4 is 22.8 Å². The lowest BCUT2D eigenvalue weighted by Crippen LogP contribution is -2.43. The van der Waals surface area contributed by atoms with E-state index >= 15 is 0 Å². The van der Waals surface area contributed by atoms with Crippen molar-refractivity contribution in [1.82, 2.24) is 19.4 Å². The fourth-order valence-corrected chi connectivity index (χ4v) is 5.07. The number of fused-ring (bicyclic) bond motifs is 1. The first kappa shape index (κ1) is 19.8. The maximum Gasteiger partial charge on any atom is 0.228 e. The van der Waals surface area contributed by atoms with Crippen LogP contribution < -0.4 is 0 Å². The molecule has 0 radical (unpaired) electrons. The summed E-state index contributed by atoms with van der Waals surface area (Å²) in [6.07, 6.45) is 2.32. The van der Waals surface area contributed by atoms with Crippen molar-refractivity contribution < 1.29 is 9.59 Å². The summed E-state index contributed by atoms with van der Waals surface area (Å²) >= 11 is 0. The smallest absolute Gasteiger partial charge is 0.228 e. The number of likely N-dealkylation sites (tertiary alicyclic amines) is 2. The van der Waals surface area contributed by atoms with Gasteiger partial charge < -0.3 is 14.4 Å². The summed E-state index contributed by atoms with van der Waals surface area (Å²) in [5, 5.41) is 0. The number of benzene rings is 2. The molecule has 2 fully saturated rings. The zero-order valence-electron chi connectivity index (χ0n) is 17.9. The predicted molar refractivity (Wildman–Crippen MR) is 119 cm³/mol. The van der Waals surface area contributed by atoms with Crippen molar-refractivity contribution in [3.63, 3.8) is 0 Å². The topological polar surface area (TPSA) is 58.4 Å². The summed E-state index contributed by atoms with van der Waals surface area (Å²) in [5.74, 6) is 1.23. The highest BCUT2D eigenvalue weighted by Crippen LogP contribution is 2.31. The number of carbonyl (C=O) groups excluding carboxylic acids is 2. The molecule has 2 aliphatic rings. The molecular weight excluding hydrogens is 388 g/mol. The first-order chi connectivity index (χ1) is 15.1. The third-order valence-electron chi connectivity index (χ3n) is 6.70. The number of aromatic nitrogens is 2. The van der Waals surface area contributed by atoms with Gasteiger partial charge in [-0.05, 0) is 30.5 Å². The third-order valence-corrected chi connectivity index (χ3v) is 6.70. The summed E-state index contributed by atoms with van der Waals surface area (Å²) in [7, 11) is 2.06. The van der Waals surface area contributed by atoms with Gasteiger partial charge in [-0.25, -0.2) is 4.98 Å². The molecule has 2 aromatic carbocycles. The van der Waals surface area contributed by atoms with Crippen LogP contribution in [0.1, 0.15) is 36.6 Å². The first-order valence-corrected chi connectivity index (χ1v) is 11.1. The number of rotatable bonds is 4. The highest BCUT2D eigenvalue weighted by Gasteiger charge is 2.38. The molecule has 0 spiro atoms. The molecule has 2 aliphatic heterocycles. The average molecular weight is 417 g/mol. The van der Waals surface area contributed by atoms with Crippen LogP contribution in [0.15, 0.2) is 54.6 Å². The van der Waals surface area contributed by atoms with E-state index < -0.39 is 0 Å². The number of hydrogen-bond acceptors (Lipinski definition) is 3. The normalized spacial score (nSPS) is 21.8. The molecule has 2 saturated heterocycles. The van der Waals surface area contributed by atoms with E-state index in [-0.39, 0.29) is 23.7 Å². The van der Waals surface area contributed by atoms with Crippen molar-refractivity contribution in [2.45, 2.75) is 31.7 Å². The Morgan fingerprint density at radius 1 is 1.06 bits per heavy atom. The first-order valence-electron chi connectivity index (χ1n) is 11.1. The van der Waals surface area contributed by atoms with Gasteiger partial charge in [0.15, 0.2) is 0 Å². The van der Waals surface area contributed by atoms with E-state index in [2.05, 4.69) is 17.7 Å². The highest BCUT2D eigenvalue weighted by atomic mass is 16.2. The molecule has 3 aromatic rings. The van der Waals surface area contributed by atoms with Crippen molar-refractivity contribution in [1.29, 1.82) is 0 Å². The van der Waals surface area contributed by atoms with Crippen LogP contribution in [-0.2, 0) is 23.2 Å². The SMILES string of the molecule is Cn1c(C2CCCN(C(=O)C3CC(=O)N(Cc4ccccc4)C3)C2)nc2ccccc21. The van der Waals surface area contributed by atoms with Crippen LogP contribution in [0.3, 0.4) is 0 Å². The van der Waals surface area contributed by atoms with Gasteiger partial charge in [-0.3, -0.25) is 9.59 Å². The maximum absolute atomic E-state index is 13.3. The van der Waals surface area contributed by atoms with Crippen LogP contribution in [0.2, 0.25) is 0 Å². The number of para-hydroxylation sites is 2. The number of piperidine rings is 1. The van der Waals surface area contributed by atoms with E-state index in [1.807, 2.05) is 58.3 Å². The molecule has 31 heavy (non-hydrogen) atoms. The van der Waals surface area contributed by atoms with Crippen LogP contribution in [0.4, 0.5) is 0 Å². The lowest BCUT2D eigenvalue weighted by Gasteiger charge is -2.34. The van der Waals surface area contributed by atoms with Gasteiger partial charge in [0.1, 0.15) is 5.82 Å². The Labute approximate surface area is 182 Å². The van der Waals surface area contributed by atoms with Gasteiger partial charge in [-0.1, -0.05) is 42.5 Å². The number of aryl methyl sites for hydroxylation is 1. The van der Waals surface area contributed by atoms with Crippen LogP contribution >= 0.6 is 0 Å². The van der Waals surface area contributed by atoms with Crippen molar-refractivity contribution in [2.24, 2.45) is 13.0 Å². The summed E-state index contributed by atoms with van der Waals surface area (Å²) in [6.45, 7) is 2.54. The average Bonchev–Trinajstić information content (AvgIpc) is 3.34. The maximum atomic E-state index is 13.3.